The second-order valence-electron chi connectivity index (χ2n) is 8.00. The molecule has 4 rings (SSSR count). The number of hydrogen-bond donors (Lipinski definition) is 3. The van der Waals surface area contributed by atoms with Crippen LogP contribution in [0.2, 0.25) is 0 Å². The van der Waals surface area contributed by atoms with E-state index in [1.54, 1.807) is 31.2 Å². The van der Waals surface area contributed by atoms with E-state index in [4.69, 9.17) is 4.74 Å². The number of rotatable bonds is 9. The van der Waals surface area contributed by atoms with Crippen LogP contribution in [-0.4, -0.2) is 50.1 Å². The normalized spacial score (nSPS) is 11.6. The average molecular weight is 558 g/mol. The maximum absolute atomic E-state index is 13.1. The third kappa shape index (κ3) is 6.07. The van der Waals surface area contributed by atoms with Gasteiger partial charge >= 0.3 is 0 Å². The van der Waals surface area contributed by atoms with E-state index in [0.717, 1.165) is 4.80 Å². The Balaban J connectivity index is 1.54. The van der Waals surface area contributed by atoms with Crippen LogP contribution in [0.15, 0.2) is 76.5 Å². The van der Waals surface area contributed by atoms with Crippen molar-refractivity contribution in [2.45, 2.75) is 16.7 Å². The second-order valence-corrected chi connectivity index (χ2v) is 11.4. The molecule has 0 radical (unpaired) electrons. The van der Waals surface area contributed by atoms with Crippen LogP contribution in [-0.2, 0) is 27.1 Å². The van der Waals surface area contributed by atoms with Gasteiger partial charge in [0.1, 0.15) is 5.75 Å². The van der Waals surface area contributed by atoms with Gasteiger partial charge in [-0.25, -0.2) is 21.6 Å². The van der Waals surface area contributed by atoms with Crippen molar-refractivity contribution in [3.8, 4) is 5.75 Å². The quantitative estimate of drug-likeness (QED) is 0.279. The van der Waals surface area contributed by atoms with E-state index >= 15 is 0 Å². The first kappa shape index (κ1) is 26.6. The summed E-state index contributed by atoms with van der Waals surface area (Å²) < 4.78 is 61.0. The molecule has 0 fully saturated rings. The fourth-order valence-corrected chi connectivity index (χ4v) is 5.39. The number of carbonyl (C=O) groups is 1. The van der Waals surface area contributed by atoms with E-state index < -0.39 is 26.0 Å². The van der Waals surface area contributed by atoms with Crippen molar-refractivity contribution in [3.63, 3.8) is 0 Å². The number of benzene rings is 3. The van der Waals surface area contributed by atoms with Crippen LogP contribution in [0, 0.1) is 6.92 Å². The van der Waals surface area contributed by atoms with E-state index in [0.29, 0.717) is 17.0 Å². The van der Waals surface area contributed by atoms with Gasteiger partial charge in [-0.3, -0.25) is 9.52 Å². The Morgan fingerprint density at radius 3 is 2.21 bits per heavy atom. The summed E-state index contributed by atoms with van der Waals surface area (Å²) in [4.78, 5) is 13.9. The molecule has 3 aromatic carbocycles. The molecule has 1 heterocycles. The number of aromatic nitrogens is 4. The van der Waals surface area contributed by atoms with Crippen molar-refractivity contribution in [1.29, 1.82) is 0 Å². The van der Waals surface area contributed by atoms with Crippen molar-refractivity contribution in [3.05, 3.63) is 77.9 Å². The molecular weight excluding hydrogens is 534 g/mol. The van der Waals surface area contributed by atoms with Gasteiger partial charge in [-0.2, -0.15) is 4.80 Å². The summed E-state index contributed by atoms with van der Waals surface area (Å²) in [5, 5.41) is 13.5. The average Bonchev–Trinajstić information content (AvgIpc) is 3.28. The predicted molar refractivity (Wildman–Crippen MR) is 139 cm³/mol. The molecular formula is C23H23N7O6S2. The number of anilines is 3. The lowest BCUT2D eigenvalue weighted by atomic mass is 10.1. The first-order chi connectivity index (χ1) is 18.0. The van der Waals surface area contributed by atoms with Gasteiger partial charge in [0.15, 0.2) is 0 Å². The van der Waals surface area contributed by atoms with Crippen LogP contribution in [0.1, 0.15) is 15.9 Å². The molecule has 0 saturated heterocycles. The number of nitrogens with one attached hydrogen (secondary N) is 3. The molecule has 0 bridgehead atoms. The highest BCUT2D eigenvalue weighted by atomic mass is 32.2. The summed E-state index contributed by atoms with van der Waals surface area (Å²) in [5.74, 6) is -0.263. The molecule has 198 valence electrons. The SMILES string of the molecule is COc1ccc(NS(=O)(=O)c2ccc(C)c(C(=O)Nc3cccc(S(=O)(=O)Nc4nnn(C)n4)c3)c2)cc1. The van der Waals surface area contributed by atoms with Crippen LogP contribution in [0.5, 0.6) is 5.75 Å². The second kappa shape index (κ2) is 10.5. The molecule has 38 heavy (non-hydrogen) atoms. The topological polar surface area (TPSA) is 174 Å². The molecule has 1 amide bonds. The maximum atomic E-state index is 13.1. The number of carbonyl (C=O) groups excluding carboxylic acids is 1. The molecule has 0 spiro atoms. The maximum Gasteiger partial charge on any atom is 0.277 e. The van der Waals surface area contributed by atoms with Gasteiger partial charge in [0, 0.05) is 16.9 Å². The molecule has 1 aromatic heterocycles. The molecule has 13 nitrogen and oxygen atoms in total. The van der Waals surface area contributed by atoms with Crippen LogP contribution in [0.3, 0.4) is 0 Å². The Labute approximate surface area is 218 Å². The minimum atomic E-state index is -4.07. The smallest absolute Gasteiger partial charge is 0.277 e. The standard InChI is InChI=1S/C23H23N7O6S2/c1-15-7-12-20(37(32,33)27-16-8-10-18(36-3)11-9-16)14-21(15)22(31)24-17-5-4-6-19(13-17)38(34,35)28-23-25-29-30(2)26-23/h4-14,27H,1-3H3,(H,24,31)(H,26,28). The number of methoxy groups -OCH3 is 1. The van der Waals surface area contributed by atoms with Gasteiger partial charge < -0.3 is 10.1 Å². The highest BCUT2D eigenvalue weighted by Gasteiger charge is 2.20. The molecule has 3 N–H and O–H groups in total. The summed E-state index contributed by atoms with van der Waals surface area (Å²) in [6.07, 6.45) is 0. The van der Waals surface area contributed by atoms with Crippen molar-refractivity contribution in [1.82, 2.24) is 20.2 Å². The Morgan fingerprint density at radius 1 is 0.868 bits per heavy atom. The summed E-state index contributed by atoms with van der Waals surface area (Å²) in [7, 11) is -5.09. The van der Waals surface area contributed by atoms with Crippen LogP contribution < -0.4 is 19.5 Å². The fourth-order valence-electron chi connectivity index (χ4n) is 3.33. The molecule has 0 saturated carbocycles. The molecule has 4 aromatic rings. The fraction of sp³-hybridized carbons (Fsp3) is 0.130. The Morgan fingerprint density at radius 2 is 1.55 bits per heavy atom. The third-order valence-electron chi connectivity index (χ3n) is 5.24. The number of tetrazole rings is 1. The van der Waals surface area contributed by atoms with Crippen LogP contribution in [0.4, 0.5) is 17.3 Å². The zero-order chi connectivity index (χ0) is 27.5. The van der Waals surface area contributed by atoms with E-state index in [-0.39, 0.29) is 27.0 Å². The zero-order valence-electron chi connectivity index (χ0n) is 20.4. The molecule has 0 aliphatic rings. The number of ether oxygens (including phenoxy) is 1. The summed E-state index contributed by atoms with van der Waals surface area (Å²) in [5.41, 5.74) is 1.11. The van der Waals surface area contributed by atoms with Crippen LogP contribution >= 0.6 is 0 Å². The summed E-state index contributed by atoms with van der Waals surface area (Å²) in [6.45, 7) is 1.65. The lowest BCUT2D eigenvalue weighted by molar-refractivity contribution is 0.102. The molecule has 0 aliphatic carbocycles. The number of aryl methyl sites for hydroxylation is 2. The minimum absolute atomic E-state index is 0.0951. The van der Waals surface area contributed by atoms with E-state index in [2.05, 4.69) is 30.2 Å². The van der Waals surface area contributed by atoms with Crippen molar-refractivity contribution in [2.24, 2.45) is 7.05 Å². The number of nitrogens with zero attached hydrogens (tertiary/aromatic N) is 4. The number of amides is 1. The number of hydrogen-bond acceptors (Lipinski definition) is 9. The van der Waals surface area contributed by atoms with Gasteiger partial charge in [0.25, 0.3) is 31.9 Å². The highest BCUT2D eigenvalue weighted by Crippen LogP contribution is 2.23. The minimum Gasteiger partial charge on any atom is -0.497 e. The largest absolute Gasteiger partial charge is 0.497 e. The van der Waals surface area contributed by atoms with E-state index in [1.165, 1.54) is 56.6 Å². The van der Waals surface area contributed by atoms with Gasteiger partial charge in [0.2, 0.25) is 0 Å². The summed E-state index contributed by atoms with van der Waals surface area (Å²) in [6, 6.07) is 16.0. The molecule has 0 aliphatic heterocycles. The predicted octanol–water partition coefficient (Wildman–Crippen LogP) is 2.38. The first-order valence-electron chi connectivity index (χ1n) is 10.9. The molecule has 15 heteroatoms. The van der Waals surface area contributed by atoms with Crippen molar-refractivity contribution >= 4 is 43.3 Å². The van der Waals surface area contributed by atoms with E-state index in [9.17, 15) is 21.6 Å². The Hall–Kier alpha value is -4.50. The van der Waals surface area contributed by atoms with E-state index in [1.807, 2.05) is 0 Å². The number of sulfonamides is 2. The third-order valence-corrected chi connectivity index (χ3v) is 7.95. The van der Waals surface area contributed by atoms with Gasteiger partial charge in [-0.15, -0.1) is 5.10 Å². The first-order valence-corrected chi connectivity index (χ1v) is 13.9. The van der Waals surface area contributed by atoms with Crippen molar-refractivity contribution in [2.75, 3.05) is 21.9 Å². The van der Waals surface area contributed by atoms with Crippen molar-refractivity contribution < 1.29 is 26.4 Å². The monoisotopic (exact) mass is 557 g/mol. The summed E-state index contributed by atoms with van der Waals surface area (Å²) >= 11 is 0. The zero-order valence-corrected chi connectivity index (χ0v) is 22.0. The molecule has 0 unspecified atom stereocenters. The highest BCUT2D eigenvalue weighted by molar-refractivity contribution is 7.93. The Kier molecular flexibility index (Phi) is 7.32. The van der Waals surface area contributed by atoms with Crippen LogP contribution in [0.25, 0.3) is 0 Å². The lowest BCUT2D eigenvalue weighted by Gasteiger charge is -2.13. The lowest BCUT2D eigenvalue weighted by Crippen LogP contribution is -2.18. The Bertz CT molecular complexity index is 1700. The van der Waals surface area contributed by atoms with Gasteiger partial charge in [-0.05, 0) is 72.3 Å². The molecule has 0 atom stereocenters. The van der Waals surface area contributed by atoms with Gasteiger partial charge in [0.05, 0.1) is 23.9 Å². The van der Waals surface area contributed by atoms with Gasteiger partial charge in [-0.1, -0.05) is 17.2 Å².